The summed E-state index contributed by atoms with van der Waals surface area (Å²) < 4.78 is 17.1. The van der Waals surface area contributed by atoms with Crippen LogP contribution in [0.1, 0.15) is 23.1 Å². The van der Waals surface area contributed by atoms with Gasteiger partial charge in [0.1, 0.15) is 5.75 Å². The summed E-state index contributed by atoms with van der Waals surface area (Å²) >= 11 is 0. The molecule has 7 nitrogen and oxygen atoms in total. The maximum absolute atomic E-state index is 10.7. The second-order valence-corrected chi connectivity index (χ2v) is 5.88. The van der Waals surface area contributed by atoms with E-state index in [2.05, 4.69) is 10.5 Å². The number of aryl methyl sites for hydroxylation is 2. The standard InChI is InChI=1S/C20H25N3O4/c1-14-7-4-8-15(2)18(14)26-11-6-12-27-19-16(13-22-23-20(21)24)9-5-10-17(19)25-3/h4-5,7-10,13H,6,11-12H2,1-3H3,(H3,21,23,24)/b22-13+. The van der Waals surface area contributed by atoms with Crippen molar-refractivity contribution >= 4 is 12.2 Å². The number of benzene rings is 2. The van der Waals surface area contributed by atoms with E-state index >= 15 is 0 Å². The van der Waals surface area contributed by atoms with Crippen molar-refractivity contribution in [2.45, 2.75) is 20.3 Å². The van der Waals surface area contributed by atoms with Gasteiger partial charge in [-0.15, -0.1) is 0 Å². The smallest absolute Gasteiger partial charge is 0.332 e. The molecule has 144 valence electrons. The van der Waals surface area contributed by atoms with Crippen LogP contribution in [-0.2, 0) is 0 Å². The summed E-state index contributed by atoms with van der Waals surface area (Å²) in [4.78, 5) is 10.7. The molecule has 0 atom stereocenters. The third-order valence-electron chi connectivity index (χ3n) is 3.80. The number of para-hydroxylation sites is 2. The van der Waals surface area contributed by atoms with E-state index in [1.807, 2.05) is 32.0 Å². The molecular formula is C20H25N3O4. The fraction of sp³-hybridized carbons (Fsp3) is 0.300. The molecule has 7 heteroatoms. The van der Waals surface area contributed by atoms with E-state index < -0.39 is 6.03 Å². The molecule has 0 fully saturated rings. The molecule has 2 amide bonds. The Morgan fingerprint density at radius 3 is 2.33 bits per heavy atom. The van der Waals surface area contributed by atoms with Crippen LogP contribution in [0.5, 0.6) is 17.2 Å². The molecule has 0 aliphatic carbocycles. The fourth-order valence-corrected chi connectivity index (χ4v) is 2.55. The quantitative estimate of drug-likeness (QED) is 0.402. The first kappa shape index (κ1) is 20.1. The highest BCUT2D eigenvalue weighted by atomic mass is 16.5. The van der Waals surface area contributed by atoms with E-state index in [0.717, 1.165) is 16.9 Å². The predicted octanol–water partition coefficient (Wildman–Crippen LogP) is 3.16. The van der Waals surface area contributed by atoms with Crippen LogP contribution in [0.2, 0.25) is 0 Å². The third-order valence-corrected chi connectivity index (χ3v) is 3.80. The van der Waals surface area contributed by atoms with Crippen molar-refractivity contribution in [3.8, 4) is 17.2 Å². The first-order valence-electron chi connectivity index (χ1n) is 8.60. The van der Waals surface area contributed by atoms with Gasteiger partial charge < -0.3 is 19.9 Å². The molecule has 0 spiro atoms. The van der Waals surface area contributed by atoms with E-state index in [1.165, 1.54) is 6.21 Å². The van der Waals surface area contributed by atoms with Crippen LogP contribution >= 0.6 is 0 Å². The molecule has 0 unspecified atom stereocenters. The van der Waals surface area contributed by atoms with Gasteiger partial charge in [-0.2, -0.15) is 5.10 Å². The Morgan fingerprint density at radius 2 is 1.70 bits per heavy atom. The van der Waals surface area contributed by atoms with Gasteiger partial charge in [-0.25, -0.2) is 10.2 Å². The molecule has 2 aromatic rings. The highest BCUT2D eigenvalue weighted by molar-refractivity contribution is 5.86. The minimum Gasteiger partial charge on any atom is -0.493 e. The largest absolute Gasteiger partial charge is 0.493 e. The number of carbonyl (C=O) groups is 1. The van der Waals surface area contributed by atoms with Crippen molar-refractivity contribution in [2.24, 2.45) is 10.8 Å². The van der Waals surface area contributed by atoms with E-state index in [1.54, 1.807) is 25.3 Å². The molecule has 0 bridgehead atoms. The monoisotopic (exact) mass is 371 g/mol. The fourth-order valence-electron chi connectivity index (χ4n) is 2.55. The first-order valence-corrected chi connectivity index (χ1v) is 8.60. The zero-order valence-electron chi connectivity index (χ0n) is 15.8. The first-order chi connectivity index (χ1) is 13.0. The summed E-state index contributed by atoms with van der Waals surface area (Å²) in [6.07, 6.45) is 2.15. The van der Waals surface area contributed by atoms with Crippen LogP contribution in [-0.4, -0.2) is 32.6 Å². The highest BCUT2D eigenvalue weighted by Gasteiger charge is 2.10. The van der Waals surface area contributed by atoms with E-state index in [0.29, 0.717) is 36.7 Å². The zero-order chi connectivity index (χ0) is 19.6. The molecule has 0 aliphatic rings. The van der Waals surface area contributed by atoms with Gasteiger partial charge in [0, 0.05) is 12.0 Å². The second kappa shape index (κ2) is 10.1. The van der Waals surface area contributed by atoms with Crippen molar-refractivity contribution in [3.05, 3.63) is 53.1 Å². The maximum atomic E-state index is 10.7. The van der Waals surface area contributed by atoms with Gasteiger partial charge >= 0.3 is 6.03 Å². The van der Waals surface area contributed by atoms with Crippen molar-refractivity contribution in [1.82, 2.24) is 5.43 Å². The SMILES string of the molecule is COc1cccc(/C=N/NC(N)=O)c1OCCCOc1c(C)cccc1C. The topological polar surface area (TPSA) is 95.2 Å². The van der Waals surface area contributed by atoms with E-state index in [4.69, 9.17) is 19.9 Å². The molecule has 2 aromatic carbocycles. The average molecular weight is 371 g/mol. The Balaban J connectivity index is 1.94. The van der Waals surface area contributed by atoms with Crippen LogP contribution in [0.25, 0.3) is 0 Å². The molecular weight excluding hydrogens is 346 g/mol. The Kier molecular flexibility index (Phi) is 7.49. The molecule has 0 aliphatic heterocycles. The number of hydrogen-bond donors (Lipinski definition) is 2. The number of urea groups is 1. The Labute approximate surface area is 159 Å². The zero-order valence-corrected chi connectivity index (χ0v) is 15.8. The number of carbonyl (C=O) groups excluding carboxylic acids is 1. The number of nitrogens with zero attached hydrogens (tertiary/aromatic N) is 1. The number of hydrazone groups is 1. The minimum atomic E-state index is -0.736. The lowest BCUT2D eigenvalue weighted by molar-refractivity contribution is 0.239. The summed E-state index contributed by atoms with van der Waals surface area (Å²) in [5.41, 5.74) is 10.0. The molecule has 0 heterocycles. The summed E-state index contributed by atoms with van der Waals surface area (Å²) in [5, 5.41) is 3.77. The van der Waals surface area contributed by atoms with Crippen molar-refractivity contribution < 1.29 is 19.0 Å². The molecule has 3 N–H and O–H groups in total. The predicted molar refractivity (Wildman–Crippen MR) is 105 cm³/mol. The minimum absolute atomic E-state index is 0.440. The number of methoxy groups -OCH3 is 1. The number of hydrogen-bond acceptors (Lipinski definition) is 5. The number of amides is 2. The van der Waals surface area contributed by atoms with Crippen LogP contribution in [0.3, 0.4) is 0 Å². The third kappa shape index (κ3) is 5.91. The molecule has 0 saturated heterocycles. The lowest BCUT2D eigenvalue weighted by Crippen LogP contribution is -2.24. The van der Waals surface area contributed by atoms with Gasteiger partial charge in [-0.05, 0) is 37.1 Å². The van der Waals surface area contributed by atoms with Gasteiger partial charge in [0.25, 0.3) is 0 Å². The average Bonchev–Trinajstić information content (AvgIpc) is 2.64. The van der Waals surface area contributed by atoms with Crippen LogP contribution in [0, 0.1) is 13.8 Å². The van der Waals surface area contributed by atoms with Crippen LogP contribution in [0.4, 0.5) is 4.79 Å². The van der Waals surface area contributed by atoms with Gasteiger partial charge in [0.2, 0.25) is 0 Å². The van der Waals surface area contributed by atoms with Gasteiger partial charge in [0.15, 0.2) is 11.5 Å². The number of ether oxygens (including phenoxy) is 3. The highest BCUT2D eigenvalue weighted by Crippen LogP contribution is 2.30. The van der Waals surface area contributed by atoms with E-state index in [-0.39, 0.29) is 0 Å². The van der Waals surface area contributed by atoms with Crippen molar-refractivity contribution in [2.75, 3.05) is 20.3 Å². The Morgan fingerprint density at radius 1 is 1.07 bits per heavy atom. The number of rotatable bonds is 9. The Bertz CT molecular complexity index is 786. The summed E-state index contributed by atoms with van der Waals surface area (Å²) in [6, 6.07) is 10.7. The molecule has 27 heavy (non-hydrogen) atoms. The summed E-state index contributed by atoms with van der Waals surface area (Å²) in [6.45, 7) is 5.03. The Hall–Kier alpha value is -3.22. The van der Waals surface area contributed by atoms with Crippen LogP contribution in [0.15, 0.2) is 41.5 Å². The lowest BCUT2D eigenvalue weighted by atomic mass is 10.1. The molecule has 0 aromatic heterocycles. The van der Waals surface area contributed by atoms with E-state index in [9.17, 15) is 4.79 Å². The second-order valence-electron chi connectivity index (χ2n) is 5.88. The molecule has 0 radical (unpaired) electrons. The number of nitrogens with one attached hydrogen (secondary N) is 1. The van der Waals surface area contributed by atoms with Crippen LogP contribution < -0.4 is 25.4 Å². The van der Waals surface area contributed by atoms with Gasteiger partial charge in [0.05, 0.1) is 26.5 Å². The molecule has 0 saturated carbocycles. The summed E-state index contributed by atoms with van der Waals surface area (Å²) in [5.74, 6) is 2.04. The normalized spacial score (nSPS) is 10.6. The number of primary amides is 1. The van der Waals surface area contributed by atoms with Gasteiger partial charge in [-0.1, -0.05) is 24.3 Å². The lowest BCUT2D eigenvalue weighted by Gasteiger charge is -2.14. The summed E-state index contributed by atoms with van der Waals surface area (Å²) in [7, 11) is 1.56. The molecule has 2 rings (SSSR count). The number of nitrogens with two attached hydrogens (primary N) is 1. The van der Waals surface area contributed by atoms with Crippen molar-refractivity contribution in [3.63, 3.8) is 0 Å². The van der Waals surface area contributed by atoms with Crippen molar-refractivity contribution in [1.29, 1.82) is 0 Å². The van der Waals surface area contributed by atoms with Gasteiger partial charge in [-0.3, -0.25) is 0 Å². The maximum Gasteiger partial charge on any atom is 0.332 e.